The molecule has 3 rings (SSSR count). The van der Waals surface area contributed by atoms with Gasteiger partial charge in [-0.15, -0.1) is 10.2 Å². The van der Waals surface area contributed by atoms with Crippen molar-refractivity contribution in [2.75, 3.05) is 5.32 Å². The SMILES string of the molecule is CC(C)(Nc1ncc(-c2cc(Br)ccc2F)nn1)c1ncccc1F. The summed E-state index contributed by atoms with van der Waals surface area (Å²) in [6.07, 6.45) is 2.92. The predicted octanol–water partition coefficient (Wildman–Crippen LogP) is 4.32. The summed E-state index contributed by atoms with van der Waals surface area (Å²) in [7, 11) is 0. The topological polar surface area (TPSA) is 63.6 Å². The molecule has 3 aromatic rings. The van der Waals surface area contributed by atoms with E-state index in [0.29, 0.717) is 5.69 Å². The van der Waals surface area contributed by atoms with Gasteiger partial charge in [0.2, 0.25) is 5.95 Å². The molecular weight excluding hydrogens is 392 g/mol. The standard InChI is InChI=1S/C17H14BrF2N5/c1-17(2,15-13(20)4-3-7-21-15)23-16-22-9-14(24-25-16)11-8-10(18)5-6-12(11)19/h3-9H,1-2H3,(H,22,23,25). The first-order valence-corrected chi connectivity index (χ1v) is 8.20. The summed E-state index contributed by atoms with van der Waals surface area (Å²) < 4.78 is 28.6. The Labute approximate surface area is 151 Å². The van der Waals surface area contributed by atoms with Gasteiger partial charge in [-0.05, 0) is 44.2 Å². The maximum absolute atomic E-state index is 14.0. The third-order valence-corrected chi connectivity index (χ3v) is 4.03. The van der Waals surface area contributed by atoms with E-state index in [4.69, 9.17) is 0 Å². The molecule has 0 saturated carbocycles. The number of hydrogen-bond acceptors (Lipinski definition) is 5. The molecule has 1 N–H and O–H groups in total. The van der Waals surface area contributed by atoms with E-state index in [1.807, 2.05) is 0 Å². The van der Waals surface area contributed by atoms with Crippen LogP contribution in [-0.4, -0.2) is 20.2 Å². The molecule has 0 atom stereocenters. The zero-order chi connectivity index (χ0) is 18.0. The van der Waals surface area contributed by atoms with Crippen molar-refractivity contribution in [1.82, 2.24) is 20.2 Å². The van der Waals surface area contributed by atoms with Crippen molar-refractivity contribution in [3.05, 3.63) is 64.5 Å². The lowest BCUT2D eigenvalue weighted by molar-refractivity contribution is 0.510. The van der Waals surface area contributed by atoms with Crippen LogP contribution in [0.15, 0.2) is 47.2 Å². The van der Waals surface area contributed by atoms with Crippen LogP contribution in [0.4, 0.5) is 14.7 Å². The molecular formula is C17H14BrF2N5. The highest BCUT2D eigenvalue weighted by Gasteiger charge is 2.26. The zero-order valence-corrected chi connectivity index (χ0v) is 15.1. The molecule has 0 bridgehead atoms. The van der Waals surface area contributed by atoms with Gasteiger partial charge in [0.15, 0.2) is 0 Å². The molecule has 0 unspecified atom stereocenters. The van der Waals surface area contributed by atoms with E-state index in [2.05, 4.69) is 41.4 Å². The smallest absolute Gasteiger partial charge is 0.243 e. The molecule has 2 heterocycles. The van der Waals surface area contributed by atoms with Crippen LogP contribution in [0.2, 0.25) is 0 Å². The molecule has 8 heteroatoms. The Balaban J connectivity index is 1.86. The molecule has 0 fully saturated rings. The van der Waals surface area contributed by atoms with Gasteiger partial charge in [-0.2, -0.15) is 0 Å². The lowest BCUT2D eigenvalue weighted by Crippen LogP contribution is -2.31. The van der Waals surface area contributed by atoms with Gasteiger partial charge < -0.3 is 5.32 Å². The molecule has 0 aliphatic heterocycles. The van der Waals surface area contributed by atoms with Crippen LogP contribution < -0.4 is 5.32 Å². The van der Waals surface area contributed by atoms with E-state index in [1.165, 1.54) is 30.6 Å². The Bertz CT molecular complexity index is 900. The first kappa shape index (κ1) is 17.3. The highest BCUT2D eigenvalue weighted by Crippen LogP contribution is 2.26. The van der Waals surface area contributed by atoms with Gasteiger partial charge in [-0.3, -0.25) is 4.98 Å². The lowest BCUT2D eigenvalue weighted by Gasteiger charge is -2.25. The molecule has 0 saturated heterocycles. The van der Waals surface area contributed by atoms with Gasteiger partial charge in [-0.25, -0.2) is 13.8 Å². The van der Waals surface area contributed by atoms with Gasteiger partial charge in [0.1, 0.15) is 23.0 Å². The number of rotatable bonds is 4. The predicted molar refractivity (Wildman–Crippen MR) is 93.8 cm³/mol. The Morgan fingerprint density at radius 3 is 2.52 bits per heavy atom. The number of nitrogens with one attached hydrogen (secondary N) is 1. The number of nitrogens with zero attached hydrogens (tertiary/aromatic N) is 4. The van der Waals surface area contributed by atoms with Crippen molar-refractivity contribution in [1.29, 1.82) is 0 Å². The number of benzene rings is 1. The third-order valence-electron chi connectivity index (χ3n) is 3.54. The average molecular weight is 406 g/mol. The number of pyridine rings is 1. The molecule has 128 valence electrons. The fraction of sp³-hybridized carbons (Fsp3) is 0.176. The fourth-order valence-corrected chi connectivity index (χ4v) is 2.70. The zero-order valence-electron chi connectivity index (χ0n) is 13.5. The highest BCUT2D eigenvalue weighted by atomic mass is 79.9. The second kappa shape index (κ2) is 6.79. The molecule has 0 aliphatic carbocycles. The summed E-state index contributed by atoms with van der Waals surface area (Å²) >= 11 is 3.29. The molecule has 0 spiro atoms. The Kier molecular flexibility index (Phi) is 4.71. The second-order valence-corrected chi connectivity index (χ2v) is 6.79. The Morgan fingerprint density at radius 1 is 1.04 bits per heavy atom. The van der Waals surface area contributed by atoms with E-state index in [9.17, 15) is 8.78 Å². The minimum absolute atomic E-state index is 0.189. The van der Waals surface area contributed by atoms with Gasteiger partial charge in [0.25, 0.3) is 0 Å². The summed E-state index contributed by atoms with van der Waals surface area (Å²) in [5, 5.41) is 11.0. The number of aromatic nitrogens is 4. The first-order valence-electron chi connectivity index (χ1n) is 7.41. The third kappa shape index (κ3) is 3.79. The van der Waals surface area contributed by atoms with E-state index < -0.39 is 17.2 Å². The largest absolute Gasteiger partial charge is 0.342 e. The number of halogens is 3. The molecule has 5 nitrogen and oxygen atoms in total. The van der Waals surface area contributed by atoms with Crippen molar-refractivity contribution >= 4 is 21.9 Å². The monoisotopic (exact) mass is 405 g/mol. The maximum atomic E-state index is 14.0. The van der Waals surface area contributed by atoms with Gasteiger partial charge in [0.05, 0.1) is 11.7 Å². The summed E-state index contributed by atoms with van der Waals surface area (Å²) in [4.78, 5) is 8.21. The van der Waals surface area contributed by atoms with Crippen LogP contribution in [0.3, 0.4) is 0 Å². The van der Waals surface area contributed by atoms with Crippen molar-refractivity contribution in [2.24, 2.45) is 0 Å². The van der Waals surface area contributed by atoms with E-state index in [-0.39, 0.29) is 17.2 Å². The van der Waals surface area contributed by atoms with Crippen LogP contribution >= 0.6 is 15.9 Å². The quantitative estimate of drug-likeness (QED) is 0.699. The Morgan fingerprint density at radius 2 is 1.84 bits per heavy atom. The molecule has 0 aliphatic rings. The van der Waals surface area contributed by atoms with Crippen molar-refractivity contribution in [3.8, 4) is 11.3 Å². The van der Waals surface area contributed by atoms with Gasteiger partial charge >= 0.3 is 0 Å². The molecule has 0 amide bonds. The number of anilines is 1. The van der Waals surface area contributed by atoms with E-state index >= 15 is 0 Å². The van der Waals surface area contributed by atoms with Crippen LogP contribution in [-0.2, 0) is 5.54 Å². The molecule has 0 radical (unpaired) electrons. The summed E-state index contributed by atoms with van der Waals surface area (Å²) in [5.74, 6) is -0.661. The number of hydrogen-bond donors (Lipinski definition) is 1. The second-order valence-electron chi connectivity index (χ2n) is 5.88. The summed E-state index contributed by atoms with van der Waals surface area (Å²) in [5.41, 5.74) is -0.0295. The Hall–Kier alpha value is -2.48. The van der Waals surface area contributed by atoms with Gasteiger partial charge in [0, 0.05) is 16.2 Å². The van der Waals surface area contributed by atoms with E-state index in [1.54, 1.807) is 26.0 Å². The summed E-state index contributed by atoms with van der Waals surface area (Å²) in [6.45, 7) is 3.51. The van der Waals surface area contributed by atoms with Crippen molar-refractivity contribution < 1.29 is 8.78 Å². The van der Waals surface area contributed by atoms with Crippen LogP contribution in [0, 0.1) is 11.6 Å². The lowest BCUT2D eigenvalue weighted by atomic mass is 10.00. The summed E-state index contributed by atoms with van der Waals surface area (Å²) in [6, 6.07) is 7.39. The fourth-order valence-electron chi connectivity index (χ4n) is 2.33. The minimum atomic E-state index is -0.852. The van der Waals surface area contributed by atoms with Crippen molar-refractivity contribution in [2.45, 2.75) is 19.4 Å². The average Bonchev–Trinajstić information content (AvgIpc) is 2.58. The molecule has 25 heavy (non-hydrogen) atoms. The molecule has 2 aromatic heterocycles. The van der Waals surface area contributed by atoms with Crippen molar-refractivity contribution in [3.63, 3.8) is 0 Å². The molecule has 1 aromatic carbocycles. The normalized spacial score (nSPS) is 11.4. The van der Waals surface area contributed by atoms with Crippen LogP contribution in [0.1, 0.15) is 19.5 Å². The maximum Gasteiger partial charge on any atom is 0.243 e. The van der Waals surface area contributed by atoms with E-state index in [0.717, 1.165) is 4.47 Å². The minimum Gasteiger partial charge on any atom is -0.342 e. The first-order chi connectivity index (χ1) is 11.9. The van der Waals surface area contributed by atoms with Crippen LogP contribution in [0.5, 0.6) is 0 Å². The highest BCUT2D eigenvalue weighted by molar-refractivity contribution is 9.10. The van der Waals surface area contributed by atoms with Crippen LogP contribution in [0.25, 0.3) is 11.3 Å². The van der Waals surface area contributed by atoms with Gasteiger partial charge in [-0.1, -0.05) is 15.9 Å².